The Balaban J connectivity index is 1.25. The molecule has 0 amide bonds. The first kappa shape index (κ1) is 38.9. The first-order valence-electron chi connectivity index (χ1n) is 19.5. The van der Waals surface area contributed by atoms with E-state index in [0.29, 0.717) is 12.8 Å². The van der Waals surface area contributed by atoms with Gasteiger partial charge < -0.3 is 19.9 Å². The largest absolute Gasteiger partial charge is 0.511 e. The predicted octanol–water partition coefficient (Wildman–Crippen LogP) is 8.58. The number of esters is 1. The van der Waals surface area contributed by atoms with Crippen molar-refractivity contribution in [3.63, 3.8) is 0 Å². The number of aromatic amines is 1. The Morgan fingerprint density at radius 3 is 2.41 bits per heavy atom. The molecule has 0 radical (unpaired) electrons. The van der Waals surface area contributed by atoms with Gasteiger partial charge in [0.2, 0.25) is 0 Å². The highest BCUT2D eigenvalue weighted by Gasteiger charge is 2.40. The Morgan fingerprint density at radius 2 is 1.69 bits per heavy atom. The molecule has 0 saturated carbocycles. The number of aryl methyl sites for hydroxylation is 1. The zero-order chi connectivity index (χ0) is 38.8. The van der Waals surface area contributed by atoms with Crippen LogP contribution in [-0.4, -0.2) is 51.0 Å². The maximum atomic E-state index is 13.2. The van der Waals surface area contributed by atoms with Gasteiger partial charge in [-0.15, -0.1) is 0 Å². The van der Waals surface area contributed by atoms with E-state index in [2.05, 4.69) is 57.8 Å². The molecule has 0 spiro atoms. The molecule has 3 atom stereocenters. The summed E-state index contributed by atoms with van der Waals surface area (Å²) >= 11 is 0. The van der Waals surface area contributed by atoms with Crippen LogP contribution in [0.25, 0.3) is 12.2 Å². The van der Waals surface area contributed by atoms with Crippen molar-refractivity contribution in [3.05, 3.63) is 114 Å². The van der Waals surface area contributed by atoms with Gasteiger partial charge in [-0.25, -0.2) is 9.98 Å². The van der Waals surface area contributed by atoms with Crippen LogP contribution in [0.1, 0.15) is 106 Å². The molecule has 0 saturated heterocycles. The van der Waals surface area contributed by atoms with Gasteiger partial charge in [0.25, 0.3) is 0 Å². The van der Waals surface area contributed by atoms with Crippen LogP contribution in [0, 0.1) is 18.8 Å². The fourth-order valence-electron chi connectivity index (χ4n) is 8.16. The number of ether oxygens (including phenoxy) is 1. The minimum atomic E-state index is -0.711. The quantitative estimate of drug-likeness (QED) is 0.148. The highest BCUT2D eigenvalue weighted by molar-refractivity contribution is 6.24. The van der Waals surface area contributed by atoms with Gasteiger partial charge in [-0.3, -0.25) is 9.79 Å². The maximum Gasteiger partial charge on any atom is 0.306 e. The number of hydrogen-bond donors (Lipinski definition) is 3. The molecule has 1 aromatic heterocycles. The lowest BCUT2D eigenvalue weighted by molar-refractivity contribution is -0.142. The summed E-state index contributed by atoms with van der Waals surface area (Å²) in [7, 11) is 0. The molecule has 4 aliphatic heterocycles. The third kappa shape index (κ3) is 8.29. The standard InChI is InChI=1S/C46H56N4O4/c1-25(2)12-10-13-26(3)14-11-15-27(4)18-19-54-41(53)17-16-35-29(6)43-31(8)44-30(7)42(32(9)51)39(49-44)24-38-28(5)20-33(47-38)21-34-22-36-40(52)23-37(45(35)50-43)46(36)48-34/h12,14,18,20-22,24,29,32,35,47,51-52H,10-11,13,15-17,19,23H2,1-9H3/b26-14+,27-18+,33-21?,38-24?,44-31?,45-37?/t29-,32?,35-/m0/s1. The topological polar surface area (TPSA) is 120 Å². The number of nitrogens with zero attached hydrogens (tertiary/aromatic N) is 3. The Kier molecular flexibility index (Phi) is 11.7. The number of aliphatic hydroxyl groups excluding tert-OH is 2. The molecule has 3 N–H and O–H groups in total. The van der Waals surface area contributed by atoms with Crippen molar-refractivity contribution >= 4 is 35.3 Å². The fraction of sp³-hybridized carbons (Fsp3) is 0.435. The summed E-state index contributed by atoms with van der Waals surface area (Å²) < 4.78 is 5.71. The van der Waals surface area contributed by atoms with Crippen molar-refractivity contribution in [1.82, 2.24) is 4.98 Å². The third-order valence-corrected chi connectivity index (χ3v) is 11.2. The molecule has 1 aromatic rings. The molecule has 5 heterocycles. The number of allylic oxidation sites excluding steroid dienone is 12. The summed E-state index contributed by atoms with van der Waals surface area (Å²) in [4.78, 5) is 32.1. The second kappa shape index (κ2) is 16.3. The van der Waals surface area contributed by atoms with Crippen LogP contribution in [-0.2, 0) is 9.53 Å². The van der Waals surface area contributed by atoms with E-state index in [1.54, 1.807) is 6.92 Å². The molecule has 284 valence electrons. The highest BCUT2D eigenvalue weighted by atomic mass is 16.5. The molecule has 8 bridgehead atoms. The molecule has 0 fully saturated rings. The lowest BCUT2D eigenvalue weighted by Crippen LogP contribution is -2.19. The van der Waals surface area contributed by atoms with Crippen molar-refractivity contribution in [3.8, 4) is 0 Å². The number of aliphatic imine (C=N–C) groups is 3. The summed E-state index contributed by atoms with van der Waals surface area (Å²) in [6.07, 6.45) is 17.0. The second-order valence-corrected chi connectivity index (χ2v) is 15.8. The molecule has 5 aliphatic rings. The molecule has 1 unspecified atom stereocenters. The second-order valence-electron chi connectivity index (χ2n) is 15.8. The first-order chi connectivity index (χ1) is 25.7. The van der Waals surface area contributed by atoms with E-state index in [0.717, 1.165) is 104 Å². The Morgan fingerprint density at radius 1 is 0.963 bits per heavy atom. The van der Waals surface area contributed by atoms with Crippen molar-refractivity contribution < 1.29 is 19.7 Å². The van der Waals surface area contributed by atoms with Gasteiger partial charge in [0.15, 0.2) is 0 Å². The van der Waals surface area contributed by atoms with Crippen LogP contribution in [0.4, 0.5) is 0 Å². The van der Waals surface area contributed by atoms with Crippen molar-refractivity contribution in [1.29, 1.82) is 0 Å². The van der Waals surface area contributed by atoms with Gasteiger partial charge >= 0.3 is 5.97 Å². The van der Waals surface area contributed by atoms with Gasteiger partial charge in [0.1, 0.15) is 12.4 Å². The average Bonchev–Trinajstić information content (AvgIpc) is 3.89. The number of carbonyl (C=O) groups excluding carboxylic acids is 1. The molecule has 8 heteroatoms. The van der Waals surface area contributed by atoms with Crippen LogP contribution >= 0.6 is 0 Å². The van der Waals surface area contributed by atoms with Crippen LogP contribution < -0.4 is 10.7 Å². The zero-order valence-corrected chi connectivity index (χ0v) is 33.5. The summed E-state index contributed by atoms with van der Waals surface area (Å²) in [5.74, 6) is -0.0800. The molecule has 6 rings (SSSR count). The summed E-state index contributed by atoms with van der Waals surface area (Å²) in [5, 5.41) is 23.9. The number of nitrogens with one attached hydrogen (secondary N) is 1. The van der Waals surface area contributed by atoms with Gasteiger partial charge in [0.05, 0.1) is 34.6 Å². The summed E-state index contributed by atoms with van der Waals surface area (Å²) in [6.45, 7) is 18.9. The van der Waals surface area contributed by atoms with Gasteiger partial charge in [0, 0.05) is 57.8 Å². The Labute approximate surface area is 320 Å². The average molecular weight is 729 g/mol. The number of rotatable bonds is 12. The number of aliphatic hydroxyl groups is 2. The third-order valence-electron chi connectivity index (χ3n) is 11.2. The van der Waals surface area contributed by atoms with E-state index >= 15 is 0 Å². The Bertz CT molecular complexity index is 2230. The lowest BCUT2D eigenvalue weighted by atomic mass is 9.82. The number of hydrogen-bond acceptors (Lipinski definition) is 7. The van der Waals surface area contributed by atoms with Crippen LogP contribution in [0.2, 0.25) is 0 Å². The number of carbonyl (C=O) groups is 1. The zero-order valence-electron chi connectivity index (χ0n) is 33.5. The van der Waals surface area contributed by atoms with Gasteiger partial charge in [-0.1, -0.05) is 35.8 Å². The SMILES string of the molecule is CC(C)=CCC/C(C)=C/CC/C(C)=C/COC(=O)CC[C@@H]1C2=C3CC(O)=C4C=C(C=c5cc(C)c([nH]5)=CC5=NC(=C(C)C(=N2)[C@H]1C)C(C)=C5C(C)O)N=C43. The smallest absolute Gasteiger partial charge is 0.306 e. The van der Waals surface area contributed by atoms with E-state index in [4.69, 9.17) is 19.7 Å². The fourth-order valence-corrected chi connectivity index (χ4v) is 8.16. The molecular formula is C46H56N4O4. The van der Waals surface area contributed by atoms with Crippen molar-refractivity contribution in [2.45, 2.75) is 113 Å². The monoisotopic (exact) mass is 728 g/mol. The van der Waals surface area contributed by atoms with E-state index in [9.17, 15) is 15.0 Å². The minimum absolute atomic E-state index is 0.0323. The van der Waals surface area contributed by atoms with E-state index in [1.165, 1.54) is 16.7 Å². The van der Waals surface area contributed by atoms with Crippen molar-refractivity contribution in [2.75, 3.05) is 6.61 Å². The van der Waals surface area contributed by atoms with Gasteiger partial charge in [-0.05, 0) is 135 Å². The van der Waals surface area contributed by atoms with Crippen LogP contribution in [0.5, 0.6) is 0 Å². The van der Waals surface area contributed by atoms with Crippen LogP contribution in [0.3, 0.4) is 0 Å². The van der Waals surface area contributed by atoms with Crippen LogP contribution in [0.15, 0.2) is 113 Å². The first-order valence-corrected chi connectivity index (χ1v) is 19.5. The number of H-pyrrole nitrogens is 1. The molecule has 0 aromatic carbocycles. The van der Waals surface area contributed by atoms with E-state index < -0.39 is 6.10 Å². The minimum Gasteiger partial charge on any atom is -0.511 e. The van der Waals surface area contributed by atoms with Crippen molar-refractivity contribution in [2.24, 2.45) is 26.8 Å². The molecule has 54 heavy (non-hydrogen) atoms. The summed E-state index contributed by atoms with van der Waals surface area (Å²) in [6, 6.07) is 2.07. The van der Waals surface area contributed by atoms with Gasteiger partial charge in [-0.2, -0.15) is 0 Å². The number of aromatic nitrogens is 1. The molecule has 8 nitrogen and oxygen atoms in total. The maximum absolute atomic E-state index is 13.2. The molecular weight excluding hydrogens is 673 g/mol. The normalized spacial score (nSPS) is 21.6. The molecule has 1 aliphatic carbocycles. The Hall–Kier alpha value is -4.82. The predicted molar refractivity (Wildman–Crippen MR) is 221 cm³/mol. The van der Waals surface area contributed by atoms with E-state index in [-0.39, 0.29) is 36.6 Å². The van der Waals surface area contributed by atoms with E-state index in [1.807, 2.05) is 45.1 Å². The lowest BCUT2D eigenvalue weighted by Gasteiger charge is -2.20. The number of fused-ring (bicyclic) bond motifs is 5. The highest BCUT2D eigenvalue weighted by Crippen LogP contribution is 2.45. The summed E-state index contributed by atoms with van der Waals surface area (Å²) in [5.41, 5.74) is 14.1.